The van der Waals surface area contributed by atoms with E-state index in [2.05, 4.69) is 15.8 Å². The average Bonchev–Trinajstić information content (AvgIpc) is 3.27. The summed E-state index contributed by atoms with van der Waals surface area (Å²) in [5.41, 5.74) is 5.17. The smallest absolute Gasteiger partial charge is 0.379 e. The van der Waals surface area contributed by atoms with Gasteiger partial charge in [0.1, 0.15) is 5.69 Å². The molecule has 0 unspecified atom stereocenters. The summed E-state index contributed by atoms with van der Waals surface area (Å²) >= 11 is 0. The molecule has 0 saturated carbocycles. The molecule has 0 radical (unpaired) electrons. The van der Waals surface area contributed by atoms with Gasteiger partial charge in [0.2, 0.25) is 6.41 Å². The first-order chi connectivity index (χ1) is 16.3. The maximum atomic E-state index is 13.1. The van der Waals surface area contributed by atoms with E-state index < -0.39 is 11.7 Å². The van der Waals surface area contributed by atoms with E-state index in [4.69, 9.17) is 4.84 Å². The number of fused-ring (bicyclic) bond motifs is 1. The van der Waals surface area contributed by atoms with Crippen LogP contribution < -0.4 is 15.6 Å². The maximum Gasteiger partial charge on any atom is 0.416 e. The van der Waals surface area contributed by atoms with Crippen LogP contribution in [0.2, 0.25) is 0 Å². The van der Waals surface area contributed by atoms with Gasteiger partial charge in [-0.25, -0.2) is 0 Å². The Morgan fingerprint density at radius 2 is 1.85 bits per heavy atom. The molecular formula is C25H20F3N3O3. The van der Waals surface area contributed by atoms with Crippen LogP contribution in [-0.4, -0.2) is 24.3 Å². The van der Waals surface area contributed by atoms with Crippen molar-refractivity contribution in [2.45, 2.75) is 12.6 Å². The zero-order chi connectivity index (χ0) is 24.3. The molecule has 4 rings (SSSR count). The fourth-order valence-corrected chi connectivity index (χ4v) is 3.79. The molecule has 3 N–H and O–H groups in total. The number of benzene rings is 3. The molecule has 1 heterocycles. The Morgan fingerprint density at radius 1 is 1.06 bits per heavy atom. The Balaban J connectivity index is 1.74. The Labute approximate surface area is 192 Å². The highest BCUT2D eigenvalue weighted by atomic mass is 19.4. The molecule has 3 aromatic carbocycles. The van der Waals surface area contributed by atoms with Gasteiger partial charge in [0, 0.05) is 29.9 Å². The van der Waals surface area contributed by atoms with E-state index in [-0.39, 0.29) is 12.3 Å². The monoisotopic (exact) mass is 467 g/mol. The number of aromatic nitrogens is 1. The Hall–Kier alpha value is -4.27. The molecule has 0 atom stereocenters. The van der Waals surface area contributed by atoms with E-state index in [9.17, 15) is 22.8 Å². The van der Waals surface area contributed by atoms with Crippen LogP contribution in [0.5, 0.6) is 5.75 Å². The number of aromatic amines is 1. The fourth-order valence-electron chi connectivity index (χ4n) is 3.79. The molecule has 2 amide bonds. The van der Waals surface area contributed by atoms with Crippen LogP contribution in [0.4, 0.5) is 13.2 Å². The molecule has 4 aromatic rings. The van der Waals surface area contributed by atoms with Gasteiger partial charge in [-0.15, -0.1) is 0 Å². The van der Waals surface area contributed by atoms with E-state index in [1.54, 1.807) is 31.3 Å². The lowest BCUT2D eigenvalue weighted by atomic mass is 9.96. The Morgan fingerprint density at radius 3 is 2.59 bits per heavy atom. The number of hydroxylamine groups is 1. The molecule has 34 heavy (non-hydrogen) atoms. The standard InChI is InChI=1S/C25H20F3N3O3/c1-29-24(33)22-13-20-19(6-3-7-21(20)31-22)16-8-9-17(23(12-16)34-30-14-32)10-15-4-2-5-18(11-15)25(26,27)28/h2-9,11-14,31H,10H2,1H3,(H,29,33)(H,30,32). The molecule has 0 spiro atoms. The second-order valence-corrected chi connectivity index (χ2v) is 7.56. The largest absolute Gasteiger partial charge is 0.416 e. The summed E-state index contributed by atoms with van der Waals surface area (Å²) in [6.07, 6.45) is -3.92. The van der Waals surface area contributed by atoms with Crippen molar-refractivity contribution in [1.82, 2.24) is 15.8 Å². The highest BCUT2D eigenvalue weighted by Gasteiger charge is 2.30. The second-order valence-electron chi connectivity index (χ2n) is 7.56. The molecule has 6 nitrogen and oxygen atoms in total. The summed E-state index contributed by atoms with van der Waals surface area (Å²) in [5.74, 6) is 0.0406. The SMILES string of the molecule is CNC(=O)c1cc2c(-c3ccc(Cc4cccc(C(F)(F)F)c4)c(ONC=O)c3)cccc2[nH]1. The second kappa shape index (κ2) is 9.30. The topological polar surface area (TPSA) is 83.2 Å². The van der Waals surface area contributed by atoms with Gasteiger partial charge in [0.05, 0.1) is 5.56 Å². The summed E-state index contributed by atoms with van der Waals surface area (Å²) in [4.78, 5) is 31.3. The quantitative estimate of drug-likeness (QED) is 0.269. The predicted molar refractivity (Wildman–Crippen MR) is 121 cm³/mol. The van der Waals surface area contributed by atoms with Gasteiger partial charge in [-0.05, 0) is 41.0 Å². The van der Waals surface area contributed by atoms with Crippen LogP contribution in [0.15, 0.2) is 66.7 Å². The lowest BCUT2D eigenvalue weighted by Crippen LogP contribution is -2.17. The maximum absolute atomic E-state index is 13.1. The third-order valence-electron chi connectivity index (χ3n) is 5.38. The van der Waals surface area contributed by atoms with Gasteiger partial charge in [0.15, 0.2) is 5.75 Å². The van der Waals surface area contributed by atoms with Crippen molar-refractivity contribution in [3.8, 4) is 16.9 Å². The van der Waals surface area contributed by atoms with E-state index in [0.29, 0.717) is 29.0 Å². The number of carbonyl (C=O) groups excluding carboxylic acids is 2. The van der Waals surface area contributed by atoms with E-state index >= 15 is 0 Å². The molecule has 0 saturated heterocycles. The van der Waals surface area contributed by atoms with E-state index in [1.807, 2.05) is 24.3 Å². The van der Waals surface area contributed by atoms with Crippen LogP contribution in [0.25, 0.3) is 22.0 Å². The predicted octanol–water partition coefficient (Wildman–Crippen LogP) is 4.84. The Kier molecular flexibility index (Phi) is 6.27. The zero-order valence-electron chi connectivity index (χ0n) is 18.0. The van der Waals surface area contributed by atoms with Crippen LogP contribution in [0.1, 0.15) is 27.2 Å². The summed E-state index contributed by atoms with van der Waals surface area (Å²) in [5, 5.41) is 3.38. The van der Waals surface area contributed by atoms with Crippen molar-refractivity contribution < 1.29 is 27.6 Å². The Bertz CT molecular complexity index is 1360. The molecule has 0 aliphatic heterocycles. The molecule has 1 aromatic heterocycles. The van der Waals surface area contributed by atoms with Crippen molar-refractivity contribution in [2.75, 3.05) is 7.05 Å². The van der Waals surface area contributed by atoms with Crippen molar-refractivity contribution in [2.24, 2.45) is 0 Å². The average molecular weight is 467 g/mol. The molecule has 9 heteroatoms. The molecular weight excluding hydrogens is 447 g/mol. The lowest BCUT2D eigenvalue weighted by Gasteiger charge is -2.14. The summed E-state index contributed by atoms with van der Waals surface area (Å²) in [7, 11) is 1.54. The summed E-state index contributed by atoms with van der Waals surface area (Å²) in [6, 6.07) is 17.6. The van der Waals surface area contributed by atoms with Gasteiger partial charge in [-0.3, -0.25) is 9.59 Å². The van der Waals surface area contributed by atoms with Crippen LogP contribution in [-0.2, 0) is 17.4 Å². The number of hydrogen-bond donors (Lipinski definition) is 3. The zero-order valence-corrected chi connectivity index (χ0v) is 18.0. The molecule has 0 fully saturated rings. The minimum Gasteiger partial charge on any atom is -0.379 e. The minimum atomic E-state index is -4.44. The number of carbonyl (C=O) groups is 2. The first kappa shape index (κ1) is 22.9. The van der Waals surface area contributed by atoms with Crippen molar-refractivity contribution >= 4 is 23.2 Å². The van der Waals surface area contributed by atoms with Gasteiger partial charge in [-0.2, -0.15) is 18.7 Å². The number of rotatable bonds is 7. The number of halogens is 3. The number of alkyl halides is 3. The summed E-state index contributed by atoms with van der Waals surface area (Å²) < 4.78 is 39.3. The van der Waals surface area contributed by atoms with Crippen LogP contribution >= 0.6 is 0 Å². The van der Waals surface area contributed by atoms with E-state index in [1.165, 1.54) is 6.07 Å². The number of hydrogen-bond acceptors (Lipinski definition) is 3. The summed E-state index contributed by atoms with van der Waals surface area (Å²) in [6.45, 7) is 0. The third kappa shape index (κ3) is 4.73. The lowest BCUT2D eigenvalue weighted by molar-refractivity contribution is -0.137. The van der Waals surface area contributed by atoms with Crippen molar-refractivity contribution in [1.29, 1.82) is 0 Å². The fraction of sp³-hybridized carbons (Fsp3) is 0.120. The van der Waals surface area contributed by atoms with Crippen LogP contribution in [0.3, 0.4) is 0 Å². The number of nitrogens with one attached hydrogen (secondary N) is 3. The van der Waals surface area contributed by atoms with Gasteiger partial charge >= 0.3 is 6.18 Å². The number of H-pyrrole nitrogens is 1. The van der Waals surface area contributed by atoms with Gasteiger partial charge in [0.25, 0.3) is 5.91 Å². The molecule has 174 valence electrons. The first-order valence-electron chi connectivity index (χ1n) is 10.3. The normalized spacial score (nSPS) is 11.3. The first-order valence-corrected chi connectivity index (χ1v) is 10.3. The van der Waals surface area contributed by atoms with E-state index in [0.717, 1.165) is 34.2 Å². The van der Waals surface area contributed by atoms with Gasteiger partial charge < -0.3 is 15.1 Å². The minimum absolute atomic E-state index is 0.162. The van der Waals surface area contributed by atoms with Crippen molar-refractivity contribution in [3.63, 3.8) is 0 Å². The van der Waals surface area contributed by atoms with Crippen LogP contribution in [0, 0.1) is 0 Å². The highest BCUT2D eigenvalue weighted by Crippen LogP contribution is 2.34. The molecule has 0 aliphatic carbocycles. The number of amides is 2. The third-order valence-corrected chi connectivity index (χ3v) is 5.38. The van der Waals surface area contributed by atoms with Gasteiger partial charge in [-0.1, -0.05) is 42.5 Å². The molecule has 0 bridgehead atoms. The highest BCUT2D eigenvalue weighted by molar-refractivity contribution is 6.02. The van der Waals surface area contributed by atoms with Crippen molar-refractivity contribution in [3.05, 3.63) is 89.1 Å². The molecule has 0 aliphatic rings.